The molecular formula is C19H28ClN5O6. The summed E-state index contributed by atoms with van der Waals surface area (Å²) >= 11 is 6.07. The molecule has 0 saturated carbocycles. The van der Waals surface area contributed by atoms with Gasteiger partial charge >= 0.3 is 6.03 Å². The summed E-state index contributed by atoms with van der Waals surface area (Å²) in [5, 5.41) is 5.78. The minimum atomic E-state index is -0.360. The number of benzene rings is 1. The Bertz CT molecular complexity index is 822. The van der Waals surface area contributed by atoms with Crippen molar-refractivity contribution in [2.45, 2.75) is 18.6 Å². The summed E-state index contributed by atoms with van der Waals surface area (Å²) in [6.45, 7) is 2.16. The predicted octanol–water partition coefficient (Wildman–Crippen LogP) is -0.523. The Morgan fingerprint density at radius 1 is 1.32 bits per heavy atom. The van der Waals surface area contributed by atoms with E-state index in [2.05, 4.69) is 15.5 Å². The number of urea groups is 1. The van der Waals surface area contributed by atoms with Crippen molar-refractivity contribution in [1.82, 2.24) is 20.4 Å². The molecule has 2 atom stereocenters. The van der Waals surface area contributed by atoms with Gasteiger partial charge in [0, 0.05) is 39.4 Å². The van der Waals surface area contributed by atoms with Crippen molar-refractivity contribution in [3.8, 4) is 5.75 Å². The lowest BCUT2D eigenvalue weighted by Crippen LogP contribution is -2.55. The number of imide groups is 1. The lowest BCUT2D eigenvalue weighted by molar-refractivity contribution is -0.125. The average molecular weight is 458 g/mol. The third-order valence-electron chi connectivity index (χ3n) is 5.40. The second-order valence-electron chi connectivity index (χ2n) is 7.22. The minimum absolute atomic E-state index is 0. The number of methoxy groups -OCH3 is 2. The van der Waals surface area contributed by atoms with Crippen LogP contribution in [-0.4, -0.2) is 92.2 Å². The van der Waals surface area contributed by atoms with Gasteiger partial charge in [-0.3, -0.25) is 19.4 Å². The van der Waals surface area contributed by atoms with Crippen LogP contribution >= 0.6 is 11.6 Å². The zero-order valence-corrected chi connectivity index (χ0v) is 18.2. The second-order valence-corrected chi connectivity index (χ2v) is 7.63. The fourth-order valence-corrected chi connectivity index (χ4v) is 3.84. The highest BCUT2D eigenvalue weighted by molar-refractivity contribution is 6.33. The van der Waals surface area contributed by atoms with Gasteiger partial charge in [0.25, 0.3) is 5.91 Å². The first kappa shape index (κ1) is 24.7. The fraction of sp³-hybridized carbons (Fsp3) is 0.526. The van der Waals surface area contributed by atoms with Gasteiger partial charge in [0.2, 0.25) is 5.91 Å². The van der Waals surface area contributed by atoms with Gasteiger partial charge in [0.1, 0.15) is 5.75 Å². The number of hydrogen-bond donors (Lipinski definition) is 3. The summed E-state index contributed by atoms with van der Waals surface area (Å²) in [4.78, 5) is 39.5. The Balaban J connectivity index is 0.00000341. The fourth-order valence-electron chi connectivity index (χ4n) is 3.67. The highest BCUT2D eigenvalue weighted by Crippen LogP contribution is 2.29. The van der Waals surface area contributed by atoms with Gasteiger partial charge in [-0.05, 0) is 12.5 Å². The zero-order chi connectivity index (χ0) is 21.8. The van der Waals surface area contributed by atoms with E-state index >= 15 is 0 Å². The topological polar surface area (TPSA) is 158 Å². The van der Waals surface area contributed by atoms with E-state index < -0.39 is 0 Å². The number of nitrogens with zero attached hydrogens (tertiary/aromatic N) is 2. The van der Waals surface area contributed by atoms with Crippen LogP contribution in [0.25, 0.3) is 0 Å². The number of likely N-dealkylation sites (tertiary alicyclic amines) is 1. The summed E-state index contributed by atoms with van der Waals surface area (Å²) in [6.07, 6.45) is 0.399. The number of nitrogens with one attached hydrogen (secondary N) is 2. The molecule has 0 spiro atoms. The lowest BCUT2D eigenvalue weighted by atomic mass is 10.0. The molecule has 2 saturated heterocycles. The smallest absolute Gasteiger partial charge is 0.324 e. The quantitative estimate of drug-likeness (QED) is 0.367. The number of carbonyl (C=O) groups is 3. The lowest BCUT2D eigenvalue weighted by Gasteiger charge is -2.38. The Labute approximate surface area is 185 Å². The van der Waals surface area contributed by atoms with Crippen LogP contribution in [0.2, 0.25) is 5.02 Å². The molecule has 0 radical (unpaired) electrons. The molecule has 0 bridgehead atoms. The van der Waals surface area contributed by atoms with E-state index in [1.807, 2.05) is 0 Å². The van der Waals surface area contributed by atoms with Gasteiger partial charge in [-0.25, -0.2) is 4.79 Å². The van der Waals surface area contributed by atoms with Crippen LogP contribution in [0.5, 0.6) is 5.75 Å². The number of rotatable bonds is 7. The molecule has 2 aliphatic rings. The van der Waals surface area contributed by atoms with Crippen LogP contribution in [0, 0.1) is 0 Å². The van der Waals surface area contributed by atoms with E-state index in [1.54, 1.807) is 7.11 Å². The average Bonchev–Trinajstić information content (AvgIpc) is 3.06. The number of piperidine rings is 1. The monoisotopic (exact) mass is 457 g/mol. The van der Waals surface area contributed by atoms with Gasteiger partial charge < -0.3 is 31.3 Å². The van der Waals surface area contributed by atoms with Crippen LogP contribution < -0.4 is 21.1 Å². The minimum Gasteiger partial charge on any atom is -0.496 e. The first-order valence-corrected chi connectivity index (χ1v) is 9.99. The van der Waals surface area contributed by atoms with Crippen molar-refractivity contribution in [3.63, 3.8) is 0 Å². The van der Waals surface area contributed by atoms with E-state index in [0.717, 1.165) is 0 Å². The Morgan fingerprint density at radius 3 is 2.68 bits per heavy atom. The maximum atomic E-state index is 12.8. The molecule has 0 unspecified atom stereocenters. The molecule has 0 aromatic heterocycles. The molecule has 12 heteroatoms. The second kappa shape index (κ2) is 10.6. The maximum absolute atomic E-state index is 12.8. The Morgan fingerprint density at radius 2 is 2.06 bits per heavy atom. The van der Waals surface area contributed by atoms with Crippen LogP contribution in [0.4, 0.5) is 10.5 Å². The van der Waals surface area contributed by atoms with Gasteiger partial charge in [0.15, 0.2) is 0 Å². The van der Waals surface area contributed by atoms with Crippen LogP contribution in [0.15, 0.2) is 12.1 Å². The third-order valence-corrected chi connectivity index (χ3v) is 5.73. The normalized spacial score (nSPS) is 21.5. The molecule has 1 aromatic carbocycles. The molecule has 3 rings (SSSR count). The summed E-state index contributed by atoms with van der Waals surface area (Å²) in [5.41, 5.74) is 6.41. The zero-order valence-electron chi connectivity index (χ0n) is 17.4. The summed E-state index contributed by atoms with van der Waals surface area (Å²) < 4.78 is 10.8. The number of nitrogen functional groups attached to an aromatic ring is 1. The molecule has 172 valence electrons. The van der Waals surface area contributed by atoms with E-state index in [9.17, 15) is 14.4 Å². The van der Waals surface area contributed by atoms with Gasteiger partial charge in [-0.2, -0.15) is 0 Å². The first-order valence-electron chi connectivity index (χ1n) is 9.61. The largest absolute Gasteiger partial charge is 0.496 e. The van der Waals surface area contributed by atoms with E-state index in [-0.39, 0.29) is 47.0 Å². The van der Waals surface area contributed by atoms with Crippen molar-refractivity contribution in [1.29, 1.82) is 0 Å². The molecule has 2 aliphatic heterocycles. The number of nitrogens with two attached hydrogens (primary N) is 1. The molecule has 2 fully saturated rings. The van der Waals surface area contributed by atoms with Crippen LogP contribution in [-0.2, 0) is 9.53 Å². The molecule has 11 nitrogen and oxygen atoms in total. The molecular weight excluding hydrogens is 430 g/mol. The number of ether oxygens (including phenoxy) is 2. The molecule has 1 aromatic rings. The van der Waals surface area contributed by atoms with Crippen molar-refractivity contribution in [3.05, 3.63) is 22.7 Å². The van der Waals surface area contributed by atoms with Gasteiger partial charge in [-0.1, -0.05) is 11.6 Å². The molecule has 4 amide bonds. The molecule has 31 heavy (non-hydrogen) atoms. The van der Waals surface area contributed by atoms with Crippen molar-refractivity contribution in [2.75, 3.05) is 52.7 Å². The highest BCUT2D eigenvalue weighted by Gasteiger charge is 2.33. The molecule has 6 N–H and O–H groups in total. The van der Waals surface area contributed by atoms with E-state index in [4.69, 9.17) is 26.8 Å². The highest BCUT2D eigenvalue weighted by atomic mass is 35.5. The number of halogens is 1. The van der Waals surface area contributed by atoms with Crippen molar-refractivity contribution >= 4 is 35.1 Å². The summed E-state index contributed by atoms with van der Waals surface area (Å²) in [5.74, 6) is -0.204. The summed E-state index contributed by atoms with van der Waals surface area (Å²) in [7, 11) is 3.05. The van der Waals surface area contributed by atoms with Gasteiger partial charge in [0.05, 0.1) is 42.1 Å². The standard InChI is InChI=1S/C19H26ClN5O5.H2O/c1-29-15-8-13(21)12(20)7-11(15)18(27)23-14-3-4-24(10-16(14)30-2)5-6-25-17(26)9-22-19(25)28;/h7-8,14,16H,3-6,9-10,21H2,1-2H3,(H,22,28)(H,23,27);1H2/t14-,16+;/m0./s1. The maximum Gasteiger partial charge on any atom is 0.324 e. The first-order chi connectivity index (χ1) is 14.3. The SMILES string of the molecule is COc1cc(N)c(Cl)cc1C(=O)N[C@H]1CCN(CCN2C(=O)CNC2=O)C[C@H]1OC.O. The number of hydrogen-bond acceptors (Lipinski definition) is 7. The van der Waals surface area contributed by atoms with Crippen molar-refractivity contribution in [2.24, 2.45) is 0 Å². The Kier molecular flexibility index (Phi) is 8.45. The molecule has 0 aliphatic carbocycles. The number of anilines is 1. The number of amides is 4. The number of carbonyl (C=O) groups excluding carboxylic acids is 3. The predicted molar refractivity (Wildman–Crippen MR) is 114 cm³/mol. The summed E-state index contributed by atoms with van der Waals surface area (Å²) in [6, 6.07) is 2.43. The Hall–Kier alpha value is -2.60. The third kappa shape index (κ3) is 5.56. The van der Waals surface area contributed by atoms with E-state index in [1.165, 1.54) is 24.1 Å². The van der Waals surface area contributed by atoms with E-state index in [0.29, 0.717) is 49.6 Å². The van der Waals surface area contributed by atoms with Crippen molar-refractivity contribution < 1.29 is 29.3 Å². The van der Waals surface area contributed by atoms with Crippen LogP contribution in [0.3, 0.4) is 0 Å². The molecule has 2 heterocycles. The van der Waals surface area contributed by atoms with Crippen LogP contribution in [0.1, 0.15) is 16.8 Å². The van der Waals surface area contributed by atoms with Gasteiger partial charge in [-0.15, -0.1) is 0 Å².